The zero-order valence-electron chi connectivity index (χ0n) is 8.69. The summed E-state index contributed by atoms with van der Waals surface area (Å²) in [5, 5.41) is 2.45. The van der Waals surface area contributed by atoms with Crippen molar-refractivity contribution in [3.63, 3.8) is 0 Å². The predicted octanol–water partition coefficient (Wildman–Crippen LogP) is 2.26. The van der Waals surface area contributed by atoms with E-state index in [1.807, 2.05) is 27.0 Å². The Hall–Kier alpha value is 0.110. The monoisotopic (exact) mass is 223 g/mol. The van der Waals surface area contributed by atoms with Gasteiger partial charge >= 0.3 is 0 Å². The molecule has 0 heterocycles. The van der Waals surface area contributed by atoms with Gasteiger partial charge in [-0.3, -0.25) is 4.79 Å². The third-order valence-electron chi connectivity index (χ3n) is 1.36. The number of thioether (sulfide) groups is 1. The highest BCUT2D eigenvalue weighted by Crippen LogP contribution is 2.09. The largest absolute Gasteiger partial charge is 0.350 e. The molecule has 0 bridgehead atoms. The minimum absolute atomic E-state index is 0.0665. The van der Waals surface area contributed by atoms with E-state index in [0.717, 1.165) is 12.2 Å². The average Bonchev–Trinajstić information content (AvgIpc) is 1.96. The second-order valence-corrected chi connectivity index (χ2v) is 5.50. The van der Waals surface area contributed by atoms with Crippen molar-refractivity contribution in [3.05, 3.63) is 0 Å². The molecule has 2 nitrogen and oxygen atoms in total. The molecule has 1 unspecified atom stereocenters. The smallest absolute Gasteiger partial charge is 0.238 e. The van der Waals surface area contributed by atoms with Crippen LogP contribution >= 0.6 is 23.4 Å². The first-order valence-corrected chi connectivity index (χ1v) is 6.15. The maximum Gasteiger partial charge on any atom is 0.238 e. The van der Waals surface area contributed by atoms with Crippen LogP contribution in [0.5, 0.6) is 0 Å². The number of amides is 1. The molecule has 0 fully saturated rings. The van der Waals surface area contributed by atoms with E-state index in [0.29, 0.717) is 0 Å². The van der Waals surface area contributed by atoms with Gasteiger partial charge in [0.1, 0.15) is 5.38 Å². The number of carbonyl (C=O) groups excluding carboxylic acids is 1. The van der Waals surface area contributed by atoms with Crippen LogP contribution in [-0.4, -0.2) is 28.8 Å². The van der Waals surface area contributed by atoms with Crippen molar-refractivity contribution < 1.29 is 4.79 Å². The lowest BCUT2D eigenvalue weighted by atomic mass is 10.1. The van der Waals surface area contributed by atoms with Gasteiger partial charge in [-0.05, 0) is 39.2 Å². The molecule has 0 radical (unpaired) electrons. The molecule has 0 aliphatic rings. The van der Waals surface area contributed by atoms with Gasteiger partial charge in [0.2, 0.25) is 5.91 Å². The Labute approximate surface area is 89.8 Å². The fraction of sp³-hybridized carbons (Fsp3) is 0.889. The van der Waals surface area contributed by atoms with E-state index in [-0.39, 0.29) is 11.4 Å². The first-order valence-electron chi connectivity index (χ1n) is 4.32. The zero-order chi connectivity index (χ0) is 10.5. The SMILES string of the molecule is CSCCC(Cl)C(=O)NC(C)(C)C. The molecule has 0 saturated carbocycles. The van der Waals surface area contributed by atoms with Gasteiger partial charge < -0.3 is 5.32 Å². The van der Waals surface area contributed by atoms with Crippen molar-refractivity contribution >= 4 is 29.3 Å². The van der Waals surface area contributed by atoms with Crippen LogP contribution in [0.2, 0.25) is 0 Å². The van der Waals surface area contributed by atoms with Gasteiger partial charge in [-0.25, -0.2) is 0 Å². The Morgan fingerprint density at radius 2 is 2.08 bits per heavy atom. The van der Waals surface area contributed by atoms with E-state index in [2.05, 4.69) is 5.32 Å². The number of alkyl halides is 1. The van der Waals surface area contributed by atoms with Crippen molar-refractivity contribution in [1.29, 1.82) is 0 Å². The quantitative estimate of drug-likeness (QED) is 0.741. The molecule has 0 saturated heterocycles. The highest BCUT2D eigenvalue weighted by Gasteiger charge is 2.20. The van der Waals surface area contributed by atoms with Gasteiger partial charge in [0.15, 0.2) is 0 Å². The Balaban J connectivity index is 3.83. The van der Waals surface area contributed by atoms with Gasteiger partial charge in [0.05, 0.1) is 0 Å². The van der Waals surface area contributed by atoms with Crippen molar-refractivity contribution in [1.82, 2.24) is 5.32 Å². The van der Waals surface area contributed by atoms with Crippen LogP contribution in [0.3, 0.4) is 0 Å². The predicted molar refractivity (Wildman–Crippen MR) is 60.5 cm³/mol. The number of hydrogen-bond acceptors (Lipinski definition) is 2. The van der Waals surface area contributed by atoms with Crippen LogP contribution in [-0.2, 0) is 4.79 Å². The summed E-state index contributed by atoms with van der Waals surface area (Å²) in [5.74, 6) is 0.856. The molecule has 4 heteroatoms. The van der Waals surface area contributed by atoms with E-state index in [1.165, 1.54) is 0 Å². The van der Waals surface area contributed by atoms with Crippen LogP contribution in [0.4, 0.5) is 0 Å². The summed E-state index contributed by atoms with van der Waals surface area (Å²) in [6.07, 6.45) is 2.73. The molecular formula is C9H18ClNOS. The molecule has 13 heavy (non-hydrogen) atoms. The number of nitrogens with one attached hydrogen (secondary N) is 1. The maximum absolute atomic E-state index is 11.4. The summed E-state index contributed by atoms with van der Waals surface area (Å²) in [4.78, 5) is 11.4. The summed E-state index contributed by atoms with van der Waals surface area (Å²) in [7, 11) is 0. The summed E-state index contributed by atoms with van der Waals surface area (Å²) in [6, 6.07) is 0. The Kier molecular flexibility index (Phi) is 5.81. The summed E-state index contributed by atoms with van der Waals surface area (Å²) in [6.45, 7) is 5.84. The number of rotatable bonds is 4. The molecule has 0 rings (SSSR count). The molecule has 1 amide bonds. The molecular weight excluding hydrogens is 206 g/mol. The third kappa shape index (κ3) is 7.20. The summed E-state index contributed by atoms with van der Waals surface area (Å²) >= 11 is 7.59. The molecule has 0 aliphatic heterocycles. The van der Waals surface area contributed by atoms with Crippen molar-refractivity contribution in [2.45, 2.75) is 38.1 Å². The molecule has 78 valence electrons. The minimum atomic E-state index is -0.397. The highest BCUT2D eigenvalue weighted by atomic mass is 35.5. The van der Waals surface area contributed by atoms with Crippen LogP contribution in [0.1, 0.15) is 27.2 Å². The minimum Gasteiger partial charge on any atom is -0.350 e. The van der Waals surface area contributed by atoms with Crippen LogP contribution < -0.4 is 5.32 Å². The molecule has 0 spiro atoms. The van der Waals surface area contributed by atoms with Gasteiger partial charge in [0, 0.05) is 5.54 Å². The lowest BCUT2D eigenvalue weighted by molar-refractivity contribution is -0.122. The van der Waals surface area contributed by atoms with E-state index in [4.69, 9.17) is 11.6 Å². The lowest BCUT2D eigenvalue weighted by Gasteiger charge is -2.22. The second-order valence-electron chi connectivity index (χ2n) is 3.99. The second kappa shape index (κ2) is 5.76. The van der Waals surface area contributed by atoms with E-state index in [9.17, 15) is 4.79 Å². The Morgan fingerprint density at radius 3 is 2.46 bits per heavy atom. The average molecular weight is 224 g/mol. The topological polar surface area (TPSA) is 29.1 Å². The molecule has 0 aliphatic carbocycles. The van der Waals surface area contributed by atoms with Gasteiger partial charge in [0.25, 0.3) is 0 Å². The molecule has 0 aromatic heterocycles. The van der Waals surface area contributed by atoms with Gasteiger partial charge in [-0.2, -0.15) is 11.8 Å². The lowest BCUT2D eigenvalue weighted by Crippen LogP contribution is -2.44. The summed E-state index contributed by atoms with van der Waals surface area (Å²) < 4.78 is 0. The Morgan fingerprint density at radius 1 is 1.54 bits per heavy atom. The fourth-order valence-electron chi connectivity index (χ4n) is 0.800. The van der Waals surface area contributed by atoms with Crippen molar-refractivity contribution in [2.75, 3.05) is 12.0 Å². The zero-order valence-corrected chi connectivity index (χ0v) is 10.3. The van der Waals surface area contributed by atoms with Crippen LogP contribution in [0, 0.1) is 0 Å². The molecule has 0 aromatic rings. The summed E-state index contributed by atoms with van der Waals surface area (Å²) in [5.41, 5.74) is -0.191. The molecule has 1 N–H and O–H groups in total. The first kappa shape index (κ1) is 13.1. The van der Waals surface area contributed by atoms with E-state index >= 15 is 0 Å². The fourth-order valence-corrected chi connectivity index (χ4v) is 1.56. The Bertz CT molecular complexity index is 167. The first-order chi connectivity index (χ1) is 5.87. The number of carbonyl (C=O) groups is 1. The van der Waals surface area contributed by atoms with Crippen LogP contribution in [0.25, 0.3) is 0 Å². The highest BCUT2D eigenvalue weighted by molar-refractivity contribution is 7.98. The van der Waals surface area contributed by atoms with E-state index < -0.39 is 5.38 Å². The van der Waals surface area contributed by atoms with Crippen molar-refractivity contribution in [2.24, 2.45) is 0 Å². The maximum atomic E-state index is 11.4. The van der Waals surface area contributed by atoms with Gasteiger partial charge in [-0.1, -0.05) is 0 Å². The van der Waals surface area contributed by atoms with Crippen molar-refractivity contribution in [3.8, 4) is 0 Å². The molecule has 0 aromatic carbocycles. The standard InChI is InChI=1S/C9H18ClNOS/c1-9(2,3)11-8(12)7(10)5-6-13-4/h7H,5-6H2,1-4H3,(H,11,12). The third-order valence-corrected chi connectivity index (χ3v) is 2.42. The number of hydrogen-bond donors (Lipinski definition) is 1. The van der Waals surface area contributed by atoms with Gasteiger partial charge in [-0.15, -0.1) is 11.6 Å². The van der Waals surface area contributed by atoms with E-state index in [1.54, 1.807) is 11.8 Å². The number of halogens is 1. The van der Waals surface area contributed by atoms with Crippen LogP contribution in [0.15, 0.2) is 0 Å². The molecule has 1 atom stereocenters. The normalized spacial score (nSPS) is 13.9.